The molecule has 1 amide bonds. The third-order valence-electron chi connectivity index (χ3n) is 4.52. The number of oxazole rings is 1. The van der Waals surface area contributed by atoms with E-state index in [2.05, 4.69) is 4.98 Å². The van der Waals surface area contributed by atoms with Crippen LogP contribution in [0.2, 0.25) is 0 Å². The van der Waals surface area contributed by atoms with Crippen LogP contribution in [0.3, 0.4) is 0 Å². The Morgan fingerprint density at radius 2 is 2.00 bits per heavy atom. The number of benzene rings is 1. The first-order valence-electron chi connectivity index (χ1n) is 8.14. The predicted molar refractivity (Wildman–Crippen MR) is 94.8 cm³/mol. The van der Waals surface area contributed by atoms with Crippen molar-refractivity contribution in [3.63, 3.8) is 0 Å². The summed E-state index contributed by atoms with van der Waals surface area (Å²) in [7, 11) is -0.532. The Morgan fingerprint density at radius 1 is 1.31 bits per heavy atom. The molecule has 1 aliphatic heterocycles. The maximum Gasteiger partial charge on any atom is 0.253 e. The molecule has 2 heterocycles. The van der Waals surface area contributed by atoms with Crippen LogP contribution in [0.4, 0.5) is 0 Å². The second-order valence-corrected chi connectivity index (χ2v) is 8.77. The van der Waals surface area contributed by atoms with Crippen molar-refractivity contribution in [2.45, 2.75) is 6.10 Å². The first-order chi connectivity index (χ1) is 12.3. The molecule has 1 N–H and O–H groups in total. The van der Waals surface area contributed by atoms with Crippen molar-refractivity contribution in [2.24, 2.45) is 5.92 Å². The zero-order valence-corrected chi connectivity index (χ0v) is 15.4. The van der Waals surface area contributed by atoms with Crippen LogP contribution in [0, 0.1) is 5.92 Å². The number of carbonyl (C=O) groups excluding carboxylic acids is 1. The van der Waals surface area contributed by atoms with E-state index in [4.69, 9.17) is 4.42 Å². The Hall–Kier alpha value is -2.23. The van der Waals surface area contributed by atoms with Gasteiger partial charge in [0.15, 0.2) is 12.2 Å². The fourth-order valence-corrected chi connectivity index (χ4v) is 4.09. The molecule has 1 aromatic heterocycles. The number of aliphatic hydroxyl groups is 1. The Kier molecular flexibility index (Phi) is 5.12. The number of amides is 1. The molecule has 0 saturated carbocycles. The molecule has 9 heteroatoms. The van der Waals surface area contributed by atoms with Crippen LogP contribution >= 0.6 is 0 Å². The molecule has 0 bridgehead atoms. The zero-order valence-electron chi connectivity index (χ0n) is 14.6. The molecule has 2 aromatic rings. The van der Waals surface area contributed by atoms with Crippen LogP contribution in [0.15, 0.2) is 41.3 Å². The quantitative estimate of drug-likeness (QED) is 0.819. The lowest BCUT2D eigenvalue weighted by Gasteiger charge is -2.18. The normalized spacial score (nSPS) is 20.7. The summed E-state index contributed by atoms with van der Waals surface area (Å²) in [5, 5.41) is 10.2. The number of likely N-dealkylation sites (tertiary alicyclic amines) is 1. The molecule has 1 aromatic carbocycles. The highest BCUT2D eigenvalue weighted by atomic mass is 32.2. The van der Waals surface area contributed by atoms with Gasteiger partial charge in [0.05, 0.1) is 18.1 Å². The Labute approximate surface area is 152 Å². The minimum absolute atomic E-state index is 0.121. The van der Waals surface area contributed by atoms with E-state index < -0.39 is 22.0 Å². The summed E-state index contributed by atoms with van der Waals surface area (Å²) in [6, 6.07) is 6.87. The number of carbonyl (C=O) groups is 1. The van der Waals surface area contributed by atoms with Gasteiger partial charge in [-0.3, -0.25) is 4.79 Å². The highest BCUT2D eigenvalue weighted by molar-refractivity contribution is 7.89. The molecule has 1 saturated heterocycles. The summed E-state index contributed by atoms with van der Waals surface area (Å²) in [6.45, 7) is 0.327. The predicted octanol–water partition coefficient (Wildman–Crippen LogP) is 0.666. The highest BCUT2D eigenvalue weighted by Crippen LogP contribution is 2.23. The van der Waals surface area contributed by atoms with Gasteiger partial charge in [0.1, 0.15) is 0 Å². The van der Waals surface area contributed by atoms with Gasteiger partial charge in [0.25, 0.3) is 5.91 Å². The lowest BCUT2D eigenvalue weighted by molar-refractivity contribution is 0.0764. The molecular weight excluding hydrogens is 358 g/mol. The molecule has 3 rings (SSSR count). The van der Waals surface area contributed by atoms with E-state index in [9.17, 15) is 18.3 Å². The maximum absolute atomic E-state index is 12.7. The molecule has 1 aliphatic rings. The topological polar surface area (TPSA) is 104 Å². The second kappa shape index (κ2) is 7.18. The van der Waals surface area contributed by atoms with Gasteiger partial charge in [-0.1, -0.05) is 12.1 Å². The van der Waals surface area contributed by atoms with Crippen LogP contribution in [-0.2, 0) is 10.0 Å². The molecule has 0 radical (unpaired) electrons. The summed E-state index contributed by atoms with van der Waals surface area (Å²) in [4.78, 5) is 18.0. The SMILES string of the molecule is CN(C)S(=O)(=O)C[C@@H]1CN(C(=O)c2ccc(-c3cnco3)cc2)C[C@H]1O. The summed E-state index contributed by atoms with van der Waals surface area (Å²) in [6.07, 6.45) is 2.06. The van der Waals surface area contributed by atoms with Gasteiger partial charge in [-0.15, -0.1) is 0 Å². The number of hydrogen-bond donors (Lipinski definition) is 1. The number of hydrogen-bond acceptors (Lipinski definition) is 6. The largest absolute Gasteiger partial charge is 0.444 e. The van der Waals surface area contributed by atoms with Crippen molar-refractivity contribution < 1.29 is 22.7 Å². The van der Waals surface area contributed by atoms with Gasteiger partial charge in [-0.25, -0.2) is 17.7 Å². The first-order valence-corrected chi connectivity index (χ1v) is 9.75. The average molecular weight is 379 g/mol. The molecule has 0 spiro atoms. The van der Waals surface area contributed by atoms with Crippen LogP contribution in [0.5, 0.6) is 0 Å². The Morgan fingerprint density at radius 3 is 2.58 bits per heavy atom. The maximum atomic E-state index is 12.7. The van der Waals surface area contributed by atoms with Crippen LogP contribution in [-0.4, -0.2) is 72.7 Å². The lowest BCUT2D eigenvalue weighted by Crippen LogP contribution is -2.33. The summed E-state index contributed by atoms with van der Waals surface area (Å²) in [5.41, 5.74) is 1.27. The third kappa shape index (κ3) is 3.79. The smallest absolute Gasteiger partial charge is 0.253 e. The molecule has 2 atom stereocenters. The van der Waals surface area contributed by atoms with Gasteiger partial charge < -0.3 is 14.4 Å². The van der Waals surface area contributed by atoms with E-state index in [0.717, 1.165) is 9.87 Å². The monoisotopic (exact) mass is 379 g/mol. The van der Waals surface area contributed by atoms with E-state index >= 15 is 0 Å². The van der Waals surface area contributed by atoms with Gasteiger partial charge in [-0.05, 0) is 12.1 Å². The van der Waals surface area contributed by atoms with E-state index in [1.54, 1.807) is 30.5 Å². The minimum Gasteiger partial charge on any atom is -0.444 e. The lowest BCUT2D eigenvalue weighted by atomic mass is 10.1. The van der Waals surface area contributed by atoms with Crippen LogP contribution in [0.25, 0.3) is 11.3 Å². The fraction of sp³-hybridized carbons (Fsp3) is 0.412. The number of aromatic nitrogens is 1. The zero-order chi connectivity index (χ0) is 18.9. The number of β-amino-alcohol motifs (C(OH)–C–C–N with tert-alkyl or cyclic N) is 1. The molecule has 26 heavy (non-hydrogen) atoms. The van der Waals surface area contributed by atoms with Gasteiger partial charge in [0, 0.05) is 44.2 Å². The van der Waals surface area contributed by atoms with Crippen molar-refractivity contribution in [1.82, 2.24) is 14.2 Å². The van der Waals surface area contributed by atoms with Crippen molar-refractivity contribution in [3.8, 4) is 11.3 Å². The molecule has 140 valence electrons. The van der Waals surface area contributed by atoms with E-state index in [1.807, 2.05) is 0 Å². The number of aliphatic hydroxyl groups excluding tert-OH is 1. The Balaban J connectivity index is 1.69. The number of nitrogens with zero attached hydrogens (tertiary/aromatic N) is 3. The van der Waals surface area contributed by atoms with Crippen LogP contribution < -0.4 is 0 Å². The molecule has 1 fully saturated rings. The third-order valence-corrected chi connectivity index (χ3v) is 6.49. The highest BCUT2D eigenvalue weighted by Gasteiger charge is 2.37. The van der Waals surface area contributed by atoms with Gasteiger partial charge in [-0.2, -0.15) is 0 Å². The van der Waals surface area contributed by atoms with Gasteiger partial charge in [0.2, 0.25) is 10.0 Å². The fourth-order valence-electron chi connectivity index (χ4n) is 2.92. The molecule has 0 unspecified atom stereocenters. The van der Waals surface area contributed by atoms with Crippen molar-refractivity contribution in [3.05, 3.63) is 42.4 Å². The van der Waals surface area contributed by atoms with Crippen molar-refractivity contribution in [1.29, 1.82) is 0 Å². The van der Waals surface area contributed by atoms with E-state index in [-0.39, 0.29) is 24.7 Å². The number of rotatable bonds is 5. The summed E-state index contributed by atoms with van der Waals surface area (Å²) >= 11 is 0. The molecular formula is C17H21N3O5S. The van der Waals surface area contributed by atoms with Gasteiger partial charge >= 0.3 is 0 Å². The first kappa shape index (κ1) is 18.6. The average Bonchev–Trinajstić information content (AvgIpc) is 3.25. The molecule has 0 aliphatic carbocycles. The van der Waals surface area contributed by atoms with Crippen molar-refractivity contribution in [2.75, 3.05) is 32.9 Å². The summed E-state index contributed by atoms with van der Waals surface area (Å²) in [5.74, 6) is -0.317. The minimum atomic E-state index is -3.44. The number of sulfonamides is 1. The second-order valence-electron chi connectivity index (χ2n) is 6.54. The van der Waals surface area contributed by atoms with Crippen molar-refractivity contribution >= 4 is 15.9 Å². The summed E-state index contributed by atoms with van der Waals surface area (Å²) < 4.78 is 30.4. The van der Waals surface area contributed by atoms with E-state index in [0.29, 0.717) is 11.3 Å². The Bertz CT molecular complexity index is 862. The van der Waals surface area contributed by atoms with E-state index in [1.165, 1.54) is 25.4 Å². The molecule has 8 nitrogen and oxygen atoms in total. The van der Waals surface area contributed by atoms with Crippen LogP contribution in [0.1, 0.15) is 10.4 Å². The standard InChI is InChI=1S/C17H21N3O5S/c1-19(2)26(23,24)10-14-8-20(9-15(14)21)17(22)13-5-3-12(4-6-13)16-7-18-11-25-16/h3-7,11,14-15,21H,8-10H2,1-2H3/t14-,15+/m0/s1.